The van der Waals surface area contributed by atoms with Crippen LogP contribution in [0.5, 0.6) is 0 Å². The Kier molecular flexibility index (Phi) is 3.61. The molecule has 1 aromatic heterocycles. The normalized spacial score (nSPS) is 11.6. The Bertz CT molecular complexity index is 792. The Morgan fingerprint density at radius 2 is 1.76 bits per heavy atom. The van der Waals surface area contributed by atoms with Gasteiger partial charge in [0, 0.05) is 35.4 Å². The summed E-state index contributed by atoms with van der Waals surface area (Å²) in [4.78, 5) is 4.64. The summed E-state index contributed by atoms with van der Waals surface area (Å²) in [6, 6.07) is 16.9. The molecule has 2 nitrogen and oxygen atoms in total. The molecule has 21 heavy (non-hydrogen) atoms. The number of nitrogens with zero attached hydrogens (tertiary/aromatic N) is 2. The molecule has 0 radical (unpaired) electrons. The van der Waals surface area contributed by atoms with Gasteiger partial charge in [-0.1, -0.05) is 37.3 Å². The van der Waals surface area contributed by atoms with Crippen molar-refractivity contribution in [1.29, 1.82) is 0 Å². The van der Waals surface area contributed by atoms with Gasteiger partial charge in [0.1, 0.15) is 0 Å². The first kappa shape index (κ1) is 13.6. The summed E-state index contributed by atoms with van der Waals surface area (Å²) in [6.45, 7) is 4.30. The first-order valence-corrected chi connectivity index (χ1v) is 7.37. The minimum atomic E-state index is 1.000. The minimum Gasteiger partial charge on any atom is -0.347 e. The maximum Gasteiger partial charge on any atom is 0.0630 e. The second-order valence-corrected chi connectivity index (χ2v) is 5.35. The van der Waals surface area contributed by atoms with Gasteiger partial charge >= 0.3 is 0 Å². The van der Waals surface area contributed by atoms with Crippen LogP contribution in [-0.2, 0) is 13.5 Å². The summed E-state index contributed by atoms with van der Waals surface area (Å²) < 4.78 is 2.22. The highest BCUT2D eigenvalue weighted by Gasteiger charge is 2.08. The molecule has 0 aliphatic carbocycles. The molecule has 0 bridgehead atoms. The van der Waals surface area contributed by atoms with E-state index in [9.17, 15) is 0 Å². The van der Waals surface area contributed by atoms with Gasteiger partial charge in [0.15, 0.2) is 0 Å². The Hall–Kier alpha value is -2.35. The number of rotatable bonds is 3. The molecule has 0 saturated carbocycles. The molecule has 0 unspecified atom stereocenters. The van der Waals surface area contributed by atoms with Gasteiger partial charge < -0.3 is 4.57 Å². The Balaban J connectivity index is 2.01. The van der Waals surface area contributed by atoms with Crippen LogP contribution < -0.4 is 0 Å². The number of benzene rings is 2. The molecule has 3 rings (SSSR count). The molecular formula is C19H20N2. The minimum absolute atomic E-state index is 1.000. The van der Waals surface area contributed by atoms with E-state index in [1.165, 1.54) is 27.7 Å². The van der Waals surface area contributed by atoms with Crippen LogP contribution in [0.25, 0.3) is 10.9 Å². The van der Waals surface area contributed by atoms with Crippen molar-refractivity contribution in [3.8, 4) is 0 Å². The van der Waals surface area contributed by atoms with Crippen LogP contribution in [0.4, 0.5) is 5.69 Å². The van der Waals surface area contributed by atoms with E-state index >= 15 is 0 Å². The fourth-order valence-corrected chi connectivity index (χ4v) is 2.67. The van der Waals surface area contributed by atoms with Crippen LogP contribution in [0.1, 0.15) is 23.7 Å². The molecular weight excluding hydrogens is 256 g/mol. The summed E-state index contributed by atoms with van der Waals surface area (Å²) in [5.74, 6) is 0. The van der Waals surface area contributed by atoms with Crippen LogP contribution in [0.3, 0.4) is 0 Å². The van der Waals surface area contributed by atoms with Gasteiger partial charge in [0.2, 0.25) is 0 Å². The number of aryl methyl sites for hydroxylation is 2. The smallest absolute Gasteiger partial charge is 0.0630 e. The average molecular weight is 276 g/mol. The number of fused-ring (bicyclic) bond motifs is 1. The van der Waals surface area contributed by atoms with Gasteiger partial charge in [0.25, 0.3) is 0 Å². The molecule has 106 valence electrons. The van der Waals surface area contributed by atoms with E-state index in [-0.39, 0.29) is 0 Å². The summed E-state index contributed by atoms with van der Waals surface area (Å²) in [7, 11) is 2.10. The number of hydrogen-bond donors (Lipinski definition) is 0. The van der Waals surface area contributed by atoms with Crippen molar-refractivity contribution in [2.24, 2.45) is 12.0 Å². The predicted octanol–water partition coefficient (Wildman–Crippen LogP) is 4.80. The van der Waals surface area contributed by atoms with E-state index in [2.05, 4.69) is 79.0 Å². The Labute approximate surface area is 125 Å². The maximum atomic E-state index is 4.64. The van der Waals surface area contributed by atoms with Crippen LogP contribution in [-0.4, -0.2) is 10.8 Å². The first-order valence-electron chi connectivity index (χ1n) is 7.37. The van der Waals surface area contributed by atoms with Crippen molar-refractivity contribution < 1.29 is 0 Å². The molecule has 0 N–H and O–H groups in total. The molecule has 1 heterocycles. The highest BCUT2D eigenvalue weighted by Crippen LogP contribution is 2.24. The lowest BCUT2D eigenvalue weighted by atomic mass is 10.1. The summed E-state index contributed by atoms with van der Waals surface area (Å²) in [5, 5.41) is 1.26. The molecule has 0 fully saturated rings. The third kappa shape index (κ3) is 2.49. The first-order chi connectivity index (χ1) is 10.2. The van der Waals surface area contributed by atoms with Gasteiger partial charge in [-0.15, -0.1) is 0 Å². The Morgan fingerprint density at radius 3 is 2.48 bits per heavy atom. The van der Waals surface area contributed by atoms with Gasteiger partial charge in [0.05, 0.1) is 5.69 Å². The average Bonchev–Trinajstić information content (AvgIpc) is 2.78. The van der Waals surface area contributed by atoms with Gasteiger partial charge in [-0.3, -0.25) is 4.99 Å². The van der Waals surface area contributed by atoms with Crippen molar-refractivity contribution in [3.63, 3.8) is 0 Å². The van der Waals surface area contributed by atoms with E-state index in [1.54, 1.807) is 0 Å². The molecule has 0 saturated heterocycles. The standard InChI is InChI=1S/C19H20N2/c1-4-15-9-11-16(12-10-15)20-13-18-14(2)21(3)19-8-6-5-7-17(18)19/h5-13H,4H2,1-3H3. The summed E-state index contributed by atoms with van der Waals surface area (Å²) in [6.07, 6.45) is 3.05. The third-order valence-corrected chi connectivity index (χ3v) is 4.14. The molecule has 2 aromatic carbocycles. The highest BCUT2D eigenvalue weighted by atomic mass is 14.9. The zero-order chi connectivity index (χ0) is 14.8. The number of hydrogen-bond acceptors (Lipinski definition) is 1. The summed E-state index contributed by atoms with van der Waals surface area (Å²) >= 11 is 0. The van der Waals surface area contributed by atoms with Crippen LogP contribution in [0.15, 0.2) is 53.5 Å². The van der Waals surface area contributed by atoms with E-state index in [0.717, 1.165) is 12.1 Å². The van der Waals surface area contributed by atoms with Gasteiger partial charge in [-0.05, 0) is 37.1 Å². The van der Waals surface area contributed by atoms with E-state index < -0.39 is 0 Å². The zero-order valence-corrected chi connectivity index (χ0v) is 12.8. The molecule has 0 aliphatic rings. The van der Waals surface area contributed by atoms with Crippen molar-refractivity contribution in [2.75, 3.05) is 0 Å². The lowest BCUT2D eigenvalue weighted by Gasteiger charge is -1.98. The molecule has 0 atom stereocenters. The molecule has 0 amide bonds. The van der Waals surface area contributed by atoms with Crippen molar-refractivity contribution >= 4 is 22.8 Å². The SMILES string of the molecule is CCc1ccc(N=Cc2c(C)n(C)c3ccccc23)cc1. The topological polar surface area (TPSA) is 17.3 Å². The fraction of sp³-hybridized carbons (Fsp3) is 0.211. The zero-order valence-electron chi connectivity index (χ0n) is 12.8. The summed E-state index contributed by atoms with van der Waals surface area (Å²) in [5.41, 5.74) is 6.03. The lowest BCUT2D eigenvalue weighted by molar-refractivity contribution is 0.917. The van der Waals surface area contributed by atoms with E-state index in [1.807, 2.05) is 6.21 Å². The Morgan fingerprint density at radius 1 is 1.05 bits per heavy atom. The lowest BCUT2D eigenvalue weighted by Crippen LogP contribution is -1.91. The second kappa shape index (κ2) is 5.57. The quantitative estimate of drug-likeness (QED) is 0.611. The fourth-order valence-electron chi connectivity index (χ4n) is 2.67. The largest absolute Gasteiger partial charge is 0.347 e. The molecule has 3 aromatic rings. The van der Waals surface area contributed by atoms with E-state index in [0.29, 0.717) is 0 Å². The van der Waals surface area contributed by atoms with Crippen LogP contribution >= 0.6 is 0 Å². The maximum absolute atomic E-state index is 4.64. The van der Waals surface area contributed by atoms with Crippen LogP contribution in [0, 0.1) is 6.92 Å². The molecule has 2 heteroatoms. The van der Waals surface area contributed by atoms with Crippen molar-refractivity contribution in [3.05, 3.63) is 65.4 Å². The second-order valence-electron chi connectivity index (χ2n) is 5.35. The predicted molar refractivity (Wildman–Crippen MR) is 90.7 cm³/mol. The number of aliphatic imine (C=N–C) groups is 1. The highest BCUT2D eigenvalue weighted by molar-refractivity contribution is 6.01. The monoisotopic (exact) mass is 276 g/mol. The molecule has 0 aliphatic heterocycles. The number of aromatic nitrogens is 1. The van der Waals surface area contributed by atoms with Gasteiger partial charge in [-0.2, -0.15) is 0 Å². The van der Waals surface area contributed by atoms with Crippen LogP contribution in [0.2, 0.25) is 0 Å². The van der Waals surface area contributed by atoms with Crippen molar-refractivity contribution in [2.45, 2.75) is 20.3 Å². The molecule has 0 spiro atoms. The third-order valence-electron chi connectivity index (χ3n) is 4.14. The van der Waals surface area contributed by atoms with Crippen molar-refractivity contribution in [1.82, 2.24) is 4.57 Å². The number of para-hydroxylation sites is 1. The van der Waals surface area contributed by atoms with E-state index in [4.69, 9.17) is 0 Å². The van der Waals surface area contributed by atoms with Gasteiger partial charge in [-0.25, -0.2) is 0 Å².